The Morgan fingerprint density at radius 2 is 1.85 bits per heavy atom. The van der Waals surface area contributed by atoms with E-state index in [0.29, 0.717) is 28.5 Å². The maximum Gasteiger partial charge on any atom is 0.255 e. The summed E-state index contributed by atoms with van der Waals surface area (Å²) in [6.45, 7) is 8.22. The highest BCUT2D eigenvalue weighted by atomic mass is 35.5. The zero-order valence-corrected chi connectivity index (χ0v) is 17.3. The quantitative estimate of drug-likeness (QED) is 0.793. The van der Waals surface area contributed by atoms with Crippen LogP contribution in [0.1, 0.15) is 43.5 Å². The van der Waals surface area contributed by atoms with Crippen molar-refractivity contribution in [3.05, 3.63) is 28.8 Å². The van der Waals surface area contributed by atoms with Gasteiger partial charge in [0.05, 0.1) is 10.6 Å². The molecule has 0 radical (unpaired) electrons. The highest BCUT2D eigenvalue weighted by Gasteiger charge is 2.38. The van der Waals surface area contributed by atoms with Crippen LogP contribution in [0, 0.1) is 11.8 Å². The first-order chi connectivity index (χ1) is 12.4. The maximum atomic E-state index is 13.2. The fourth-order valence-corrected chi connectivity index (χ4v) is 4.57. The normalized spacial score (nSPS) is 24.0. The van der Waals surface area contributed by atoms with Gasteiger partial charge in [-0.2, -0.15) is 0 Å². The smallest absolute Gasteiger partial charge is 0.255 e. The number of piperidine rings is 1. The van der Waals surface area contributed by atoms with Gasteiger partial charge in [-0.3, -0.25) is 4.79 Å². The molecule has 0 aromatic heterocycles. The molecule has 0 spiro atoms. The van der Waals surface area contributed by atoms with Crippen LogP contribution >= 0.6 is 11.6 Å². The minimum atomic E-state index is 0.0730. The molecule has 0 N–H and O–H groups in total. The third-order valence-electron chi connectivity index (χ3n) is 6.04. The topological polar surface area (TPSA) is 26.8 Å². The van der Waals surface area contributed by atoms with Crippen molar-refractivity contribution in [2.24, 2.45) is 11.8 Å². The molecule has 0 bridgehead atoms. The Kier molecular flexibility index (Phi) is 6.13. The Balaban J connectivity index is 1.81. The molecule has 1 aromatic rings. The van der Waals surface area contributed by atoms with E-state index in [1.807, 2.05) is 23.1 Å². The van der Waals surface area contributed by atoms with Crippen LogP contribution in [0.2, 0.25) is 5.02 Å². The minimum absolute atomic E-state index is 0.0730. The number of hydrogen-bond donors (Lipinski definition) is 0. The third-order valence-corrected chi connectivity index (χ3v) is 6.37. The van der Waals surface area contributed by atoms with Gasteiger partial charge in [0.15, 0.2) is 0 Å². The Labute approximate surface area is 163 Å². The van der Waals surface area contributed by atoms with Crippen molar-refractivity contribution in [1.29, 1.82) is 0 Å². The number of rotatable bonds is 4. The van der Waals surface area contributed by atoms with Crippen molar-refractivity contribution in [2.45, 2.75) is 39.2 Å². The van der Waals surface area contributed by atoms with Gasteiger partial charge in [0, 0.05) is 37.9 Å². The summed E-state index contributed by atoms with van der Waals surface area (Å²) < 4.78 is 0. The summed E-state index contributed by atoms with van der Waals surface area (Å²) in [6, 6.07) is 6.35. The molecule has 1 amide bonds. The van der Waals surface area contributed by atoms with E-state index in [9.17, 15) is 4.79 Å². The fraction of sp³-hybridized carbons (Fsp3) is 0.667. The summed E-state index contributed by atoms with van der Waals surface area (Å²) in [5.41, 5.74) is 1.78. The standard InChI is InChI=1S/C21H32ClN3O/c1-15(2)18-13-25(14-20(18)23(3)4)21(26)17-12-16(8-9-19(17)22)24-10-6-5-7-11-24/h8-9,12,15,18,20H,5-7,10-11,13-14H2,1-4H3/t18-,20+/m0/s1. The van der Waals surface area contributed by atoms with Gasteiger partial charge in [0.2, 0.25) is 0 Å². The molecule has 0 aliphatic carbocycles. The van der Waals surface area contributed by atoms with Gasteiger partial charge in [-0.05, 0) is 63.4 Å². The van der Waals surface area contributed by atoms with Gasteiger partial charge in [-0.25, -0.2) is 0 Å². The van der Waals surface area contributed by atoms with E-state index in [1.54, 1.807) is 0 Å². The van der Waals surface area contributed by atoms with E-state index in [0.717, 1.165) is 31.9 Å². The Morgan fingerprint density at radius 1 is 1.15 bits per heavy atom. The summed E-state index contributed by atoms with van der Waals surface area (Å²) in [6.07, 6.45) is 3.74. The lowest BCUT2D eigenvalue weighted by Gasteiger charge is -2.29. The van der Waals surface area contributed by atoms with E-state index in [2.05, 4.69) is 37.7 Å². The van der Waals surface area contributed by atoms with Gasteiger partial charge in [-0.1, -0.05) is 25.4 Å². The number of carbonyl (C=O) groups is 1. The number of anilines is 1. The van der Waals surface area contributed by atoms with E-state index in [4.69, 9.17) is 11.6 Å². The number of likely N-dealkylation sites (N-methyl/N-ethyl adjacent to an activating group) is 1. The Morgan fingerprint density at radius 3 is 2.42 bits per heavy atom. The first-order valence-corrected chi connectivity index (χ1v) is 10.3. The molecule has 3 rings (SSSR count). The minimum Gasteiger partial charge on any atom is -0.372 e. The van der Waals surface area contributed by atoms with Gasteiger partial charge in [-0.15, -0.1) is 0 Å². The second-order valence-electron chi connectivity index (χ2n) is 8.36. The van der Waals surface area contributed by atoms with Crippen LogP contribution in [0.25, 0.3) is 0 Å². The van der Waals surface area contributed by atoms with E-state index >= 15 is 0 Å². The van der Waals surface area contributed by atoms with Crippen LogP contribution in [-0.2, 0) is 0 Å². The lowest BCUT2D eigenvalue weighted by molar-refractivity contribution is 0.0780. The highest BCUT2D eigenvalue weighted by Crippen LogP contribution is 2.31. The fourth-order valence-electron chi connectivity index (χ4n) is 4.38. The molecule has 5 heteroatoms. The lowest BCUT2D eigenvalue weighted by Crippen LogP contribution is -2.37. The van der Waals surface area contributed by atoms with E-state index in [-0.39, 0.29) is 5.91 Å². The number of likely N-dealkylation sites (tertiary alicyclic amines) is 1. The number of benzene rings is 1. The zero-order valence-electron chi connectivity index (χ0n) is 16.5. The summed E-state index contributed by atoms with van der Waals surface area (Å²) >= 11 is 6.43. The molecule has 2 aliphatic heterocycles. The number of halogens is 1. The third kappa shape index (κ3) is 4.01. The van der Waals surface area contributed by atoms with Crippen LogP contribution in [0.4, 0.5) is 5.69 Å². The first kappa shape index (κ1) is 19.5. The SMILES string of the molecule is CC(C)[C@@H]1CN(C(=O)c2cc(N3CCCCC3)ccc2Cl)C[C@H]1N(C)C. The van der Waals surface area contributed by atoms with Crippen LogP contribution in [0.3, 0.4) is 0 Å². The van der Waals surface area contributed by atoms with E-state index in [1.165, 1.54) is 19.3 Å². The predicted octanol–water partition coefficient (Wildman–Crippen LogP) is 3.99. The monoisotopic (exact) mass is 377 g/mol. The number of hydrogen-bond acceptors (Lipinski definition) is 3. The highest BCUT2D eigenvalue weighted by molar-refractivity contribution is 6.34. The van der Waals surface area contributed by atoms with Crippen molar-refractivity contribution in [1.82, 2.24) is 9.80 Å². The zero-order chi connectivity index (χ0) is 18.8. The summed E-state index contributed by atoms with van der Waals surface area (Å²) in [5, 5.41) is 0.560. The molecular weight excluding hydrogens is 346 g/mol. The molecule has 0 saturated carbocycles. The maximum absolute atomic E-state index is 13.2. The molecule has 2 aliphatic rings. The van der Waals surface area contributed by atoms with Crippen LogP contribution in [0.5, 0.6) is 0 Å². The van der Waals surface area contributed by atoms with Gasteiger partial charge < -0.3 is 14.7 Å². The van der Waals surface area contributed by atoms with Crippen molar-refractivity contribution in [2.75, 3.05) is 45.2 Å². The first-order valence-electron chi connectivity index (χ1n) is 9.88. The molecule has 2 heterocycles. The molecule has 144 valence electrons. The van der Waals surface area contributed by atoms with Crippen molar-refractivity contribution in [3.63, 3.8) is 0 Å². The molecule has 2 atom stereocenters. The lowest BCUT2D eigenvalue weighted by atomic mass is 9.91. The largest absolute Gasteiger partial charge is 0.372 e. The average Bonchev–Trinajstić information content (AvgIpc) is 3.08. The number of nitrogens with zero attached hydrogens (tertiary/aromatic N) is 3. The second-order valence-corrected chi connectivity index (χ2v) is 8.77. The molecule has 1 aromatic carbocycles. The summed E-state index contributed by atoms with van der Waals surface area (Å²) in [4.78, 5) is 19.9. The van der Waals surface area contributed by atoms with E-state index < -0.39 is 0 Å². The number of amides is 1. The van der Waals surface area contributed by atoms with Gasteiger partial charge in [0.25, 0.3) is 5.91 Å². The molecule has 2 saturated heterocycles. The Hall–Kier alpha value is -1.26. The Bertz CT molecular complexity index is 624. The van der Waals surface area contributed by atoms with Crippen LogP contribution in [-0.4, -0.2) is 62.0 Å². The van der Waals surface area contributed by atoms with Crippen molar-refractivity contribution < 1.29 is 4.79 Å². The molecular formula is C21H32ClN3O. The van der Waals surface area contributed by atoms with Crippen LogP contribution in [0.15, 0.2) is 18.2 Å². The number of carbonyl (C=O) groups excluding carboxylic acids is 1. The molecule has 2 fully saturated rings. The molecule has 4 nitrogen and oxygen atoms in total. The molecule has 26 heavy (non-hydrogen) atoms. The van der Waals surface area contributed by atoms with Gasteiger partial charge >= 0.3 is 0 Å². The van der Waals surface area contributed by atoms with Gasteiger partial charge in [0.1, 0.15) is 0 Å². The van der Waals surface area contributed by atoms with Crippen LogP contribution < -0.4 is 4.90 Å². The average molecular weight is 378 g/mol. The summed E-state index contributed by atoms with van der Waals surface area (Å²) in [7, 11) is 4.22. The predicted molar refractivity (Wildman–Crippen MR) is 109 cm³/mol. The second kappa shape index (κ2) is 8.18. The van der Waals surface area contributed by atoms with Crippen molar-refractivity contribution >= 4 is 23.2 Å². The summed E-state index contributed by atoms with van der Waals surface area (Å²) in [5.74, 6) is 1.12. The molecule has 0 unspecified atom stereocenters. The van der Waals surface area contributed by atoms with Crippen molar-refractivity contribution in [3.8, 4) is 0 Å².